The largest absolute Gasteiger partial charge is 0.494 e. The van der Waals surface area contributed by atoms with Gasteiger partial charge in [-0.1, -0.05) is 12.1 Å². The molecule has 0 saturated heterocycles. The van der Waals surface area contributed by atoms with Crippen LogP contribution in [0.25, 0.3) is 10.9 Å². The summed E-state index contributed by atoms with van der Waals surface area (Å²) in [6.07, 6.45) is 1.37. The lowest BCUT2D eigenvalue weighted by atomic mass is 9.99. The summed E-state index contributed by atoms with van der Waals surface area (Å²) in [4.78, 5) is 39.2. The summed E-state index contributed by atoms with van der Waals surface area (Å²) in [5, 5.41) is 2.83. The number of pyridine rings is 1. The van der Waals surface area contributed by atoms with Gasteiger partial charge in [-0.15, -0.1) is 0 Å². The summed E-state index contributed by atoms with van der Waals surface area (Å²) in [6.45, 7) is 6.05. The Morgan fingerprint density at radius 1 is 0.971 bits per heavy atom. The fourth-order valence-electron chi connectivity index (χ4n) is 3.86. The molecule has 1 aromatic heterocycles. The van der Waals surface area contributed by atoms with Gasteiger partial charge in [0.15, 0.2) is 5.78 Å². The summed E-state index contributed by atoms with van der Waals surface area (Å²) in [6, 6.07) is 15.9. The smallest absolute Gasteiger partial charge is 0.244 e. The highest BCUT2D eigenvalue weighted by atomic mass is 19.1. The lowest BCUT2D eigenvalue weighted by Crippen LogP contribution is -2.24. The molecule has 3 aromatic carbocycles. The number of hydrogen-bond donors (Lipinski definition) is 1. The molecule has 0 bridgehead atoms. The zero-order valence-corrected chi connectivity index (χ0v) is 19.7. The van der Waals surface area contributed by atoms with Crippen molar-refractivity contribution in [2.24, 2.45) is 0 Å². The molecular formula is C28H25FN2O4. The molecule has 6 nitrogen and oxygen atoms in total. The summed E-state index contributed by atoms with van der Waals surface area (Å²) in [7, 11) is 0. The average molecular weight is 473 g/mol. The molecule has 35 heavy (non-hydrogen) atoms. The fraction of sp³-hybridized carbons (Fsp3) is 0.179. The van der Waals surface area contributed by atoms with Crippen LogP contribution < -0.4 is 15.5 Å². The number of aromatic nitrogens is 1. The summed E-state index contributed by atoms with van der Waals surface area (Å²) >= 11 is 0. The summed E-state index contributed by atoms with van der Waals surface area (Å²) in [5.74, 6) is -0.762. The predicted molar refractivity (Wildman–Crippen MR) is 134 cm³/mol. The number of fused-ring (bicyclic) bond motifs is 1. The first kappa shape index (κ1) is 23.9. The molecule has 1 heterocycles. The Bertz CT molecular complexity index is 1490. The molecule has 178 valence electrons. The van der Waals surface area contributed by atoms with Crippen LogP contribution in [0.3, 0.4) is 0 Å². The number of ether oxygens (including phenoxy) is 1. The number of anilines is 1. The maximum atomic E-state index is 14.0. The Morgan fingerprint density at radius 3 is 2.40 bits per heavy atom. The van der Waals surface area contributed by atoms with E-state index in [1.165, 1.54) is 22.9 Å². The van der Waals surface area contributed by atoms with E-state index in [-0.39, 0.29) is 23.4 Å². The SMILES string of the molecule is CCOc1ccc(NC(=O)Cn2cc(C(=O)c3ccc(C)c(C)c3)c(=O)c3cc(F)ccc32)cc1. The monoisotopic (exact) mass is 472 g/mol. The van der Waals surface area contributed by atoms with Crippen molar-refractivity contribution < 1.29 is 18.7 Å². The topological polar surface area (TPSA) is 77.4 Å². The molecule has 0 atom stereocenters. The van der Waals surface area contributed by atoms with E-state index in [4.69, 9.17) is 4.74 Å². The van der Waals surface area contributed by atoms with Gasteiger partial charge in [-0.3, -0.25) is 14.4 Å². The Kier molecular flexibility index (Phi) is 6.78. The molecule has 0 unspecified atom stereocenters. The van der Waals surface area contributed by atoms with Gasteiger partial charge in [0.05, 0.1) is 17.7 Å². The molecule has 0 aliphatic rings. The summed E-state index contributed by atoms with van der Waals surface area (Å²) in [5.41, 5.74) is 2.51. The van der Waals surface area contributed by atoms with Gasteiger partial charge in [0.2, 0.25) is 11.3 Å². The first-order chi connectivity index (χ1) is 16.8. The first-order valence-electron chi connectivity index (χ1n) is 11.2. The molecule has 4 rings (SSSR count). The van der Waals surface area contributed by atoms with E-state index in [9.17, 15) is 18.8 Å². The maximum absolute atomic E-state index is 14.0. The molecule has 4 aromatic rings. The van der Waals surface area contributed by atoms with E-state index in [0.29, 0.717) is 29.1 Å². The van der Waals surface area contributed by atoms with Crippen LogP contribution in [0.15, 0.2) is 71.7 Å². The third kappa shape index (κ3) is 5.14. The van der Waals surface area contributed by atoms with Crippen molar-refractivity contribution in [2.45, 2.75) is 27.3 Å². The molecule has 7 heteroatoms. The van der Waals surface area contributed by atoms with Crippen LogP contribution in [0.2, 0.25) is 0 Å². The Labute approximate surface area is 202 Å². The predicted octanol–water partition coefficient (Wildman–Crippen LogP) is 5.03. The van der Waals surface area contributed by atoms with Gasteiger partial charge in [0.1, 0.15) is 18.1 Å². The quantitative estimate of drug-likeness (QED) is 0.383. The van der Waals surface area contributed by atoms with E-state index >= 15 is 0 Å². The Hall–Kier alpha value is -4.26. The van der Waals surface area contributed by atoms with Gasteiger partial charge in [0, 0.05) is 22.8 Å². The highest BCUT2D eigenvalue weighted by Crippen LogP contribution is 2.19. The Balaban J connectivity index is 1.70. The minimum atomic E-state index is -0.601. The number of hydrogen-bond acceptors (Lipinski definition) is 4. The molecule has 0 fully saturated rings. The van der Waals surface area contributed by atoms with Gasteiger partial charge >= 0.3 is 0 Å². The molecule has 0 radical (unpaired) electrons. The zero-order valence-electron chi connectivity index (χ0n) is 19.7. The number of rotatable bonds is 7. The van der Waals surface area contributed by atoms with E-state index in [0.717, 1.165) is 17.2 Å². The number of nitrogens with one attached hydrogen (secondary N) is 1. The van der Waals surface area contributed by atoms with Crippen LogP contribution in [-0.4, -0.2) is 22.9 Å². The van der Waals surface area contributed by atoms with Crippen molar-refractivity contribution in [3.05, 3.63) is 105 Å². The number of benzene rings is 3. The normalized spacial score (nSPS) is 10.9. The zero-order chi connectivity index (χ0) is 25.1. The van der Waals surface area contributed by atoms with Crippen LogP contribution in [0, 0.1) is 19.7 Å². The van der Waals surface area contributed by atoms with Crippen molar-refractivity contribution in [3.8, 4) is 5.75 Å². The van der Waals surface area contributed by atoms with Crippen molar-refractivity contribution in [2.75, 3.05) is 11.9 Å². The Morgan fingerprint density at radius 2 is 1.71 bits per heavy atom. The van der Waals surface area contributed by atoms with Crippen LogP contribution in [0.1, 0.15) is 34.0 Å². The molecule has 1 N–H and O–H groups in total. The number of carbonyl (C=O) groups is 2. The second-order valence-corrected chi connectivity index (χ2v) is 8.29. The van der Waals surface area contributed by atoms with Crippen LogP contribution >= 0.6 is 0 Å². The van der Waals surface area contributed by atoms with Gasteiger partial charge in [0.25, 0.3) is 0 Å². The maximum Gasteiger partial charge on any atom is 0.244 e. The van der Waals surface area contributed by atoms with E-state index in [2.05, 4.69) is 5.32 Å². The second kappa shape index (κ2) is 9.93. The number of aryl methyl sites for hydroxylation is 2. The molecular weight excluding hydrogens is 447 g/mol. The molecule has 0 aliphatic heterocycles. The van der Waals surface area contributed by atoms with Crippen molar-refractivity contribution in [1.29, 1.82) is 0 Å². The van der Waals surface area contributed by atoms with Crippen molar-refractivity contribution in [3.63, 3.8) is 0 Å². The van der Waals surface area contributed by atoms with Crippen molar-refractivity contribution in [1.82, 2.24) is 4.57 Å². The fourth-order valence-corrected chi connectivity index (χ4v) is 3.86. The molecule has 0 saturated carbocycles. The highest BCUT2D eigenvalue weighted by molar-refractivity contribution is 6.10. The van der Waals surface area contributed by atoms with Crippen LogP contribution in [-0.2, 0) is 11.3 Å². The molecule has 1 amide bonds. The van der Waals surface area contributed by atoms with E-state index in [1.807, 2.05) is 26.8 Å². The van der Waals surface area contributed by atoms with Gasteiger partial charge in [-0.05, 0) is 80.4 Å². The average Bonchev–Trinajstić information content (AvgIpc) is 2.83. The molecule has 0 spiro atoms. The van der Waals surface area contributed by atoms with Crippen LogP contribution in [0.4, 0.5) is 10.1 Å². The number of ketones is 1. The minimum Gasteiger partial charge on any atom is -0.494 e. The number of halogens is 1. The highest BCUT2D eigenvalue weighted by Gasteiger charge is 2.19. The molecule has 0 aliphatic carbocycles. The van der Waals surface area contributed by atoms with Gasteiger partial charge in [-0.2, -0.15) is 0 Å². The standard InChI is InChI=1S/C28H25FN2O4/c1-4-35-22-10-8-21(9-11-22)30-26(32)16-31-15-24(27(33)19-6-5-17(2)18(3)13-19)28(34)23-14-20(29)7-12-25(23)31/h5-15H,4,16H2,1-3H3,(H,30,32). The lowest BCUT2D eigenvalue weighted by molar-refractivity contribution is -0.116. The lowest BCUT2D eigenvalue weighted by Gasteiger charge is -2.14. The van der Waals surface area contributed by atoms with Crippen LogP contribution in [0.5, 0.6) is 5.75 Å². The first-order valence-corrected chi connectivity index (χ1v) is 11.2. The summed E-state index contributed by atoms with van der Waals surface area (Å²) < 4.78 is 20.9. The minimum absolute atomic E-state index is 0.0357. The number of amides is 1. The number of nitrogens with zero attached hydrogens (tertiary/aromatic N) is 1. The third-order valence-electron chi connectivity index (χ3n) is 5.82. The van der Waals surface area contributed by atoms with Gasteiger partial charge in [-0.25, -0.2) is 4.39 Å². The van der Waals surface area contributed by atoms with E-state index in [1.54, 1.807) is 36.4 Å². The third-order valence-corrected chi connectivity index (χ3v) is 5.82. The van der Waals surface area contributed by atoms with Gasteiger partial charge < -0.3 is 14.6 Å². The number of carbonyl (C=O) groups excluding carboxylic acids is 2. The second-order valence-electron chi connectivity index (χ2n) is 8.29. The van der Waals surface area contributed by atoms with Crippen molar-refractivity contribution >= 4 is 28.3 Å². The van der Waals surface area contributed by atoms with E-state index < -0.39 is 17.0 Å².